The van der Waals surface area contributed by atoms with Crippen molar-refractivity contribution < 1.29 is 0 Å². The summed E-state index contributed by atoms with van der Waals surface area (Å²) in [4.78, 5) is 7.05. The van der Waals surface area contributed by atoms with Gasteiger partial charge in [0.05, 0.1) is 5.52 Å². The first kappa shape index (κ1) is 13.0. The first-order valence-electron chi connectivity index (χ1n) is 6.69. The summed E-state index contributed by atoms with van der Waals surface area (Å²) in [7, 11) is 2.05. The largest absolute Gasteiger partial charge is 0.316 e. The summed E-state index contributed by atoms with van der Waals surface area (Å²) < 4.78 is 1.12. The Kier molecular flexibility index (Phi) is 3.82. The van der Waals surface area contributed by atoms with Gasteiger partial charge in [0.1, 0.15) is 0 Å². The lowest BCUT2D eigenvalue weighted by Crippen LogP contribution is -2.29. The van der Waals surface area contributed by atoms with E-state index in [2.05, 4.69) is 49.3 Å². The maximum Gasteiger partial charge on any atom is 0.0758 e. The van der Waals surface area contributed by atoms with Crippen LogP contribution in [0.25, 0.3) is 10.9 Å². The van der Waals surface area contributed by atoms with E-state index in [1.54, 1.807) is 0 Å². The molecule has 4 heteroatoms. The molecule has 19 heavy (non-hydrogen) atoms. The molecule has 2 aromatic rings. The fraction of sp³-hybridized carbons (Fsp3) is 0.400. The third kappa shape index (κ3) is 2.66. The van der Waals surface area contributed by atoms with Crippen molar-refractivity contribution in [3.63, 3.8) is 0 Å². The molecule has 1 atom stereocenters. The second-order valence-corrected chi connectivity index (χ2v) is 5.97. The second-order valence-electron chi connectivity index (χ2n) is 5.12. The molecular weight excluding hydrogens is 302 g/mol. The first-order valence-corrected chi connectivity index (χ1v) is 7.49. The minimum absolute atomic E-state index is 0.634. The molecule has 0 aliphatic carbocycles. The van der Waals surface area contributed by atoms with Crippen LogP contribution in [0.5, 0.6) is 0 Å². The highest BCUT2D eigenvalue weighted by molar-refractivity contribution is 9.10. The maximum atomic E-state index is 4.55. The highest BCUT2D eigenvalue weighted by atomic mass is 79.9. The average Bonchev–Trinajstić information content (AvgIpc) is 2.90. The Labute approximate surface area is 122 Å². The molecule has 1 saturated heterocycles. The van der Waals surface area contributed by atoms with E-state index >= 15 is 0 Å². The number of fused-ring (bicyclic) bond motifs is 1. The van der Waals surface area contributed by atoms with Crippen molar-refractivity contribution >= 4 is 26.8 Å². The molecule has 1 aromatic carbocycles. The highest BCUT2D eigenvalue weighted by Gasteiger charge is 2.21. The number of rotatable bonds is 3. The minimum Gasteiger partial charge on any atom is -0.316 e. The standard InChI is InChI=1S/C15H18BrN3/c1-17-12-6-8-19(10-12)9-11-4-5-14(16)13-3-2-7-18-15(11)13/h2-5,7,12,17H,6,8-10H2,1H3. The van der Waals surface area contributed by atoms with Gasteiger partial charge >= 0.3 is 0 Å². The van der Waals surface area contributed by atoms with Crippen molar-refractivity contribution in [3.05, 3.63) is 40.5 Å². The summed E-state index contributed by atoms with van der Waals surface area (Å²) in [5.41, 5.74) is 2.43. The zero-order valence-electron chi connectivity index (χ0n) is 11.1. The Morgan fingerprint density at radius 1 is 1.42 bits per heavy atom. The first-order chi connectivity index (χ1) is 9.28. The Bertz CT molecular complexity index is 585. The van der Waals surface area contributed by atoms with Gasteiger partial charge in [0.25, 0.3) is 0 Å². The van der Waals surface area contributed by atoms with E-state index in [9.17, 15) is 0 Å². The van der Waals surface area contributed by atoms with Crippen molar-refractivity contribution in [2.24, 2.45) is 0 Å². The molecule has 2 heterocycles. The topological polar surface area (TPSA) is 28.2 Å². The SMILES string of the molecule is CNC1CCN(Cc2ccc(Br)c3cccnc23)C1. The molecule has 0 radical (unpaired) electrons. The molecule has 0 spiro atoms. The summed E-state index contributed by atoms with van der Waals surface area (Å²) in [6, 6.07) is 9.06. The van der Waals surface area contributed by atoms with Gasteiger partial charge in [-0.05, 0) is 31.2 Å². The molecule has 0 saturated carbocycles. The van der Waals surface area contributed by atoms with Crippen LogP contribution in [0, 0.1) is 0 Å². The lowest BCUT2D eigenvalue weighted by atomic mass is 10.1. The molecule has 3 rings (SSSR count). The Morgan fingerprint density at radius 3 is 3.11 bits per heavy atom. The Balaban J connectivity index is 1.87. The predicted molar refractivity (Wildman–Crippen MR) is 82.2 cm³/mol. The summed E-state index contributed by atoms with van der Waals surface area (Å²) in [6.45, 7) is 3.27. The smallest absolute Gasteiger partial charge is 0.0758 e. The van der Waals surface area contributed by atoms with Crippen LogP contribution in [0.2, 0.25) is 0 Å². The van der Waals surface area contributed by atoms with Gasteiger partial charge in [0, 0.05) is 41.7 Å². The lowest BCUT2D eigenvalue weighted by molar-refractivity contribution is 0.323. The van der Waals surface area contributed by atoms with Gasteiger partial charge in [-0.1, -0.05) is 28.1 Å². The van der Waals surface area contributed by atoms with Crippen molar-refractivity contribution in [1.29, 1.82) is 0 Å². The second kappa shape index (κ2) is 5.57. The van der Waals surface area contributed by atoms with Gasteiger partial charge in [-0.2, -0.15) is 0 Å². The van der Waals surface area contributed by atoms with Crippen LogP contribution in [-0.4, -0.2) is 36.1 Å². The fourth-order valence-electron chi connectivity index (χ4n) is 2.78. The third-order valence-electron chi connectivity index (χ3n) is 3.87. The van der Waals surface area contributed by atoms with Gasteiger partial charge < -0.3 is 5.32 Å². The number of pyridine rings is 1. The zero-order chi connectivity index (χ0) is 13.2. The lowest BCUT2D eigenvalue weighted by Gasteiger charge is -2.17. The van der Waals surface area contributed by atoms with Gasteiger partial charge in [-0.15, -0.1) is 0 Å². The molecule has 0 bridgehead atoms. The molecule has 1 unspecified atom stereocenters. The molecule has 1 N–H and O–H groups in total. The molecule has 1 aromatic heterocycles. The summed E-state index contributed by atoms with van der Waals surface area (Å²) in [5, 5.41) is 4.56. The van der Waals surface area contributed by atoms with E-state index in [0.29, 0.717) is 6.04 Å². The van der Waals surface area contributed by atoms with Crippen molar-refractivity contribution in [2.45, 2.75) is 19.0 Å². The van der Waals surface area contributed by atoms with Gasteiger partial charge in [-0.25, -0.2) is 0 Å². The normalized spacial score (nSPS) is 20.2. The predicted octanol–water partition coefficient (Wildman–Crippen LogP) is 2.79. The monoisotopic (exact) mass is 319 g/mol. The highest BCUT2D eigenvalue weighted by Crippen LogP contribution is 2.26. The number of nitrogens with one attached hydrogen (secondary N) is 1. The average molecular weight is 320 g/mol. The summed E-state index contributed by atoms with van der Waals surface area (Å²) >= 11 is 3.60. The number of hydrogen-bond acceptors (Lipinski definition) is 3. The number of likely N-dealkylation sites (N-methyl/N-ethyl adjacent to an activating group) is 1. The molecule has 1 aliphatic rings. The van der Waals surface area contributed by atoms with E-state index in [0.717, 1.165) is 29.6 Å². The van der Waals surface area contributed by atoms with Crippen molar-refractivity contribution in [3.8, 4) is 0 Å². The van der Waals surface area contributed by atoms with Crippen LogP contribution in [0.15, 0.2) is 34.9 Å². The van der Waals surface area contributed by atoms with E-state index in [1.165, 1.54) is 17.4 Å². The van der Waals surface area contributed by atoms with Crippen LogP contribution < -0.4 is 5.32 Å². The van der Waals surface area contributed by atoms with Crippen LogP contribution in [0.3, 0.4) is 0 Å². The summed E-state index contributed by atoms with van der Waals surface area (Å²) in [6.07, 6.45) is 3.11. The van der Waals surface area contributed by atoms with Gasteiger partial charge in [0.2, 0.25) is 0 Å². The van der Waals surface area contributed by atoms with Crippen LogP contribution in [-0.2, 0) is 6.54 Å². The number of aromatic nitrogens is 1. The molecule has 1 fully saturated rings. The van der Waals surface area contributed by atoms with E-state index in [-0.39, 0.29) is 0 Å². The quantitative estimate of drug-likeness (QED) is 0.943. The number of halogens is 1. The summed E-state index contributed by atoms with van der Waals surface area (Å²) in [5.74, 6) is 0. The number of benzene rings is 1. The van der Waals surface area contributed by atoms with Crippen molar-refractivity contribution in [1.82, 2.24) is 15.2 Å². The van der Waals surface area contributed by atoms with Gasteiger partial charge in [0.15, 0.2) is 0 Å². The molecule has 3 nitrogen and oxygen atoms in total. The molecular formula is C15H18BrN3. The number of nitrogens with zero attached hydrogens (tertiary/aromatic N) is 2. The van der Waals surface area contributed by atoms with E-state index in [1.807, 2.05) is 19.3 Å². The fourth-order valence-corrected chi connectivity index (χ4v) is 3.23. The molecule has 1 aliphatic heterocycles. The maximum absolute atomic E-state index is 4.55. The minimum atomic E-state index is 0.634. The number of likely N-dealkylation sites (tertiary alicyclic amines) is 1. The Morgan fingerprint density at radius 2 is 2.32 bits per heavy atom. The van der Waals surface area contributed by atoms with Crippen LogP contribution in [0.4, 0.5) is 0 Å². The van der Waals surface area contributed by atoms with Gasteiger partial charge in [-0.3, -0.25) is 9.88 Å². The molecule has 100 valence electrons. The van der Waals surface area contributed by atoms with E-state index < -0.39 is 0 Å². The Hall–Kier alpha value is -0.970. The van der Waals surface area contributed by atoms with Crippen LogP contribution >= 0.6 is 15.9 Å². The van der Waals surface area contributed by atoms with Crippen molar-refractivity contribution in [2.75, 3.05) is 20.1 Å². The zero-order valence-corrected chi connectivity index (χ0v) is 12.7. The third-order valence-corrected chi connectivity index (χ3v) is 4.57. The van der Waals surface area contributed by atoms with Crippen LogP contribution in [0.1, 0.15) is 12.0 Å². The van der Waals surface area contributed by atoms with E-state index in [4.69, 9.17) is 0 Å². The number of hydrogen-bond donors (Lipinski definition) is 1. The molecule has 0 amide bonds.